The van der Waals surface area contributed by atoms with Crippen molar-refractivity contribution in [3.63, 3.8) is 0 Å². The predicted octanol–water partition coefficient (Wildman–Crippen LogP) is 1.09. The van der Waals surface area contributed by atoms with E-state index in [1.807, 2.05) is 18.2 Å². The molecule has 1 aromatic heterocycles. The summed E-state index contributed by atoms with van der Waals surface area (Å²) < 4.78 is 0. The topological polar surface area (TPSA) is 54.0 Å². The van der Waals surface area contributed by atoms with Crippen LogP contribution in [-0.2, 0) is 11.3 Å². The molecule has 1 amide bonds. The highest BCUT2D eigenvalue weighted by molar-refractivity contribution is 5.76. The van der Waals surface area contributed by atoms with Crippen LogP contribution in [0.5, 0.6) is 0 Å². The van der Waals surface area contributed by atoms with Gasteiger partial charge in [-0.3, -0.25) is 9.78 Å². The van der Waals surface area contributed by atoms with Crippen molar-refractivity contribution in [1.82, 2.24) is 15.6 Å². The Bertz CT molecular complexity index is 347. The third-order valence-corrected chi connectivity index (χ3v) is 3.07. The van der Waals surface area contributed by atoms with Gasteiger partial charge >= 0.3 is 0 Å². The van der Waals surface area contributed by atoms with Gasteiger partial charge in [0.1, 0.15) is 0 Å². The first-order valence-electron chi connectivity index (χ1n) is 6.22. The number of piperidine rings is 1. The molecule has 0 aromatic carbocycles. The molecule has 1 aliphatic rings. The number of pyridine rings is 1. The van der Waals surface area contributed by atoms with E-state index >= 15 is 0 Å². The van der Waals surface area contributed by atoms with Crippen LogP contribution in [0.3, 0.4) is 0 Å². The molecule has 17 heavy (non-hydrogen) atoms. The Kier molecular flexibility index (Phi) is 4.50. The van der Waals surface area contributed by atoms with Gasteiger partial charge in [-0.15, -0.1) is 0 Å². The second-order valence-electron chi connectivity index (χ2n) is 4.51. The number of hydrogen-bond donors (Lipinski definition) is 2. The SMILES string of the molecule is O=C(CC1CCCNC1)NCc1ccccn1. The molecule has 1 saturated heterocycles. The Morgan fingerprint density at radius 3 is 3.18 bits per heavy atom. The zero-order valence-corrected chi connectivity index (χ0v) is 9.98. The number of carbonyl (C=O) groups is 1. The fourth-order valence-corrected chi connectivity index (χ4v) is 2.12. The van der Waals surface area contributed by atoms with Crippen molar-refractivity contribution < 1.29 is 4.79 Å². The van der Waals surface area contributed by atoms with Crippen molar-refractivity contribution in [2.24, 2.45) is 5.92 Å². The molecule has 0 aliphatic carbocycles. The van der Waals surface area contributed by atoms with Crippen molar-refractivity contribution in [3.8, 4) is 0 Å². The maximum atomic E-state index is 11.7. The van der Waals surface area contributed by atoms with Gasteiger partial charge < -0.3 is 10.6 Å². The van der Waals surface area contributed by atoms with E-state index in [1.165, 1.54) is 6.42 Å². The summed E-state index contributed by atoms with van der Waals surface area (Å²) in [6.45, 7) is 2.59. The standard InChI is InChI=1S/C13H19N3O/c17-13(8-11-4-3-6-14-9-11)16-10-12-5-1-2-7-15-12/h1-2,5,7,11,14H,3-4,6,8-10H2,(H,16,17). The highest BCUT2D eigenvalue weighted by atomic mass is 16.1. The van der Waals surface area contributed by atoms with Crippen LogP contribution in [0, 0.1) is 5.92 Å². The summed E-state index contributed by atoms with van der Waals surface area (Å²) in [6, 6.07) is 5.72. The molecule has 2 rings (SSSR count). The van der Waals surface area contributed by atoms with Crippen molar-refractivity contribution in [3.05, 3.63) is 30.1 Å². The third kappa shape index (κ3) is 4.15. The van der Waals surface area contributed by atoms with Crippen LogP contribution >= 0.6 is 0 Å². The van der Waals surface area contributed by atoms with Gasteiger partial charge in [0.15, 0.2) is 0 Å². The molecule has 92 valence electrons. The largest absolute Gasteiger partial charge is 0.350 e. The van der Waals surface area contributed by atoms with Gasteiger partial charge in [-0.05, 0) is 44.0 Å². The molecule has 2 heterocycles. The van der Waals surface area contributed by atoms with Crippen LogP contribution in [-0.4, -0.2) is 24.0 Å². The van der Waals surface area contributed by atoms with E-state index in [2.05, 4.69) is 15.6 Å². The summed E-state index contributed by atoms with van der Waals surface area (Å²) in [5, 5.41) is 6.24. The Morgan fingerprint density at radius 2 is 2.47 bits per heavy atom. The first-order chi connectivity index (χ1) is 8.34. The van der Waals surface area contributed by atoms with E-state index in [-0.39, 0.29) is 5.91 Å². The summed E-state index contributed by atoms with van der Waals surface area (Å²) in [4.78, 5) is 15.9. The van der Waals surface area contributed by atoms with Gasteiger partial charge in [-0.1, -0.05) is 6.07 Å². The molecule has 0 radical (unpaired) electrons. The summed E-state index contributed by atoms with van der Waals surface area (Å²) in [5.41, 5.74) is 0.905. The summed E-state index contributed by atoms with van der Waals surface area (Å²) in [7, 11) is 0. The minimum atomic E-state index is 0.129. The maximum absolute atomic E-state index is 11.7. The number of nitrogens with one attached hydrogen (secondary N) is 2. The molecule has 0 saturated carbocycles. The van der Waals surface area contributed by atoms with Crippen molar-refractivity contribution in [2.45, 2.75) is 25.8 Å². The zero-order valence-electron chi connectivity index (χ0n) is 9.98. The Labute approximate surface area is 102 Å². The quantitative estimate of drug-likeness (QED) is 0.818. The van der Waals surface area contributed by atoms with Gasteiger partial charge in [0.2, 0.25) is 5.91 Å². The third-order valence-electron chi connectivity index (χ3n) is 3.07. The number of carbonyl (C=O) groups excluding carboxylic acids is 1. The van der Waals surface area contributed by atoms with Gasteiger partial charge in [0.25, 0.3) is 0 Å². The average molecular weight is 233 g/mol. The summed E-state index contributed by atoms with van der Waals surface area (Å²) >= 11 is 0. The Hall–Kier alpha value is -1.42. The monoisotopic (exact) mass is 233 g/mol. The minimum Gasteiger partial charge on any atom is -0.350 e. The van der Waals surface area contributed by atoms with E-state index in [4.69, 9.17) is 0 Å². The molecule has 1 fully saturated rings. The predicted molar refractivity (Wildman–Crippen MR) is 66.3 cm³/mol. The molecule has 0 bridgehead atoms. The lowest BCUT2D eigenvalue weighted by molar-refractivity contribution is -0.122. The van der Waals surface area contributed by atoms with E-state index in [1.54, 1.807) is 6.20 Å². The van der Waals surface area contributed by atoms with Crippen molar-refractivity contribution in [1.29, 1.82) is 0 Å². The lowest BCUT2D eigenvalue weighted by Gasteiger charge is -2.21. The smallest absolute Gasteiger partial charge is 0.220 e. The second-order valence-corrected chi connectivity index (χ2v) is 4.51. The van der Waals surface area contributed by atoms with Gasteiger partial charge in [0, 0.05) is 12.6 Å². The number of nitrogens with zero attached hydrogens (tertiary/aromatic N) is 1. The normalized spacial score (nSPS) is 19.9. The van der Waals surface area contributed by atoms with E-state index in [0.717, 1.165) is 25.2 Å². The van der Waals surface area contributed by atoms with Crippen LogP contribution in [0.4, 0.5) is 0 Å². The van der Waals surface area contributed by atoms with Gasteiger partial charge in [-0.2, -0.15) is 0 Å². The number of hydrogen-bond acceptors (Lipinski definition) is 3. The molecule has 0 spiro atoms. The van der Waals surface area contributed by atoms with Crippen LogP contribution < -0.4 is 10.6 Å². The highest BCUT2D eigenvalue weighted by Crippen LogP contribution is 2.13. The van der Waals surface area contributed by atoms with E-state index < -0.39 is 0 Å². The molecule has 1 atom stereocenters. The molecule has 1 aromatic rings. The Morgan fingerprint density at radius 1 is 1.53 bits per heavy atom. The first-order valence-corrected chi connectivity index (χ1v) is 6.22. The number of aromatic nitrogens is 1. The zero-order chi connectivity index (χ0) is 11.9. The van der Waals surface area contributed by atoms with Crippen LogP contribution in [0.2, 0.25) is 0 Å². The first kappa shape index (κ1) is 12.0. The summed E-state index contributed by atoms with van der Waals surface area (Å²) in [6.07, 6.45) is 4.70. The van der Waals surface area contributed by atoms with Gasteiger partial charge in [0.05, 0.1) is 12.2 Å². The lowest BCUT2D eigenvalue weighted by Crippen LogP contribution is -2.34. The minimum absolute atomic E-state index is 0.129. The molecular weight excluding hydrogens is 214 g/mol. The number of rotatable bonds is 4. The molecule has 4 nitrogen and oxygen atoms in total. The maximum Gasteiger partial charge on any atom is 0.220 e. The molecule has 1 unspecified atom stereocenters. The van der Waals surface area contributed by atoms with E-state index in [0.29, 0.717) is 18.9 Å². The molecule has 4 heteroatoms. The lowest BCUT2D eigenvalue weighted by atomic mass is 9.96. The molecule has 1 aliphatic heterocycles. The van der Waals surface area contributed by atoms with Crippen LogP contribution in [0.15, 0.2) is 24.4 Å². The van der Waals surface area contributed by atoms with E-state index in [9.17, 15) is 4.79 Å². The molecular formula is C13H19N3O. The second kappa shape index (κ2) is 6.35. The Balaban J connectivity index is 1.70. The average Bonchev–Trinajstić information content (AvgIpc) is 2.39. The van der Waals surface area contributed by atoms with Gasteiger partial charge in [-0.25, -0.2) is 0 Å². The van der Waals surface area contributed by atoms with Crippen LogP contribution in [0.25, 0.3) is 0 Å². The molecule has 2 N–H and O–H groups in total. The number of amides is 1. The fraction of sp³-hybridized carbons (Fsp3) is 0.538. The fourth-order valence-electron chi connectivity index (χ4n) is 2.12. The van der Waals surface area contributed by atoms with Crippen molar-refractivity contribution in [2.75, 3.05) is 13.1 Å². The van der Waals surface area contributed by atoms with Crippen LogP contribution in [0.1, 0.15) is 25.0 Å². The highest BCUT2D eigenvalue weighted by Gasteiger charge is 2.16. The summed E-state index contributed by atoms with van der Waals surface area (Å²) in [5.74, 6) is 0.622. The van der Waals surface area contributed by atoms with Crippen molar-refractivity contribution >= 4 is 5.91 Å².